The molecule has 0 amide bonds. The van der Waals surface area contributed by atoms with Gasteiger partial charge in [-0.1, -0.05) is 6.07 Å². The fraction of sp³-hybridized carbons (Fsp3) is 0.455. The quantitative estimate of drug-likeness (QED) is 0.859. The minimum absolute atomic E-state index is 0.245. The average molecular weight is 272 g/mol. The van der Waals surface area contributed by atoms with Crippen LogP contribution in [0.15, 0.2) is 22.7 Å². The van der Waals surface area contributed by atoms with Crippen molar-refractivity contribution in [2.45, 2.75) is 19.1 Å². The van der Waals surface area contributed by atoms with E-state index in [0.29, 0.717) is 13.2 Å². The fourth-order valence-corrected chi connectivity index (χ4v) is 1.79. The van der Waals surface area contributed by atoms with Crippen molar-refractivity contribution < 1.29 is 9.47 Å². The summed E-state index contributed by atoms with van der Waals surface area (Å²) in [5, 5.41) is 0. The Morgan fingerprint density at radius 2 is 2.40 bits per heavy atom. The first-order valence-corrected chi connectivity index (χ1v) is 5.78. The normalized spacial score (nSPS) is 20.7. The zero-order chi connectivity index (χ0) is 10.7. The van der Waals surface area contributed by atoms with Crippen molar-refractivity contribution in [1.29, 1.82) is 0 Å². The number of nitrogens with two attached hydrogens (primary N) is 1. The molecule has 1 heterocycles. The lowest BCUT2D eigenvalue weighted by Gasteiger charge is -2.10. The van der Waals surface area contributed by atoms with Crippen LogP contribution in [-0.4, -0.2) is 19.3 Å². The highest BCUT2D eigenvalue weighted by molar-refractivity contribution is 9.10. The Bertz CT molecular complexity index is 337. The number of rotatable bonds is 3. The number of benzene rings is 1. The summed E-state index contributed by atoms with van der Waals surface area (Å²) in [5.74, 6) is 0. The van der Waals surface area contributed by atoms with Crippen molar-refractivity contribution in [2.24, 2.45) is 0 Å². The first-order valence-electron chi connectivity index (χ1n) is 4.99. The van der Waals surface area contributed by atoms with Crippen LogP contribution in [0.2, 0.25) is 0 Å². The first-order chi connectivity index (χ1) is 7.25. The molecule has 4 heteroatoms. The van der Waals surface area contributed by atoms with Crippen LogP contribution >= 0.6 is 15.9 Å². The fourth-order valence-electron chi connectivity index (χ4n) is 1.54. The zero-order valence-corrected chi connectivity index (χ0v) is 10.00. The van der Waals surface area contributed by atoms with Crippen molar-refractivity contribution in [2.75, 3.05) is 18.9 Å². The molecule has 1 unspecified atom stereocenters. The van der Waals surface area contributed by atoms with Crippen LogP contribution in [0.25, 0.3) is 0 Å². The second kappa shape index (κ2) is 4.96. The molecule has 1 aliphatic rings. The molecule has 0 spiro atoms. The van der Waals surface area contributed by atoms with Crippen molar-refractivity contribution in [3.63, 3.8) is 0 Å². The van der Waals surface area contributed by atoms with Gasteiger partial charge in [0.25, 0.3) is 0 Å². The number of hydrogen-bond donors (Lipinski definition) is 1. The van der Waals surface area contributed by atoms with Gasteiger partial charge in [-0.25, -0.2) is 0 Å². The Morgan fingerprint density at radius 3 is 3.07 bits per heavy atom. The highest BCUT2D eigenvalue weighted by Gasteiger charge is 2.15. The van der Waals surface area contributed by atoms with Gasteiger partial charge >= 0.3 is 0 Å². The summed E-state index contributed by atoms with van der Waals surface area (Å²) >= 11 is 3.36. The van der Waals surface area contributed by atoms with Crippen LogP contribution in [-0.2, 0) is 16.1 Å². The molecule has 1 aromatic carbocycles. The summed E-state index contributed by atoms with van der Waals surface area (Å²) in [4.78, 5) is 0. The lowest BCUT2D eigenvalue weighted by Crippen LogP contribution is -2.11. The van der Waals surface area contributed by atoms with Gasteiger partial charge in [-0.3, -0.25) is 0 Å². The third-order valence-corrected chi connectivity index (χ3v) is 3.16. The van der Waals surface area contributed by atoms with Gasteiger partial charge in [-0.05, 0) is 40.0 Å². The summed E-state index contributed by atoms with van der Waals surface area (Å²) in [6, 6.07) is 5.88. The molecule has 1 aromatic rings. The molecule has 0 bridgehead atoms. The lowest BCUT2D eigenvalue weighted by atomic mass is 10.2. The Labute approximate surface area is 97.7 Å². The smallest absolute Gasteiger partial charge is 0.0834 e. The molecule has 0 aliphatic carbocycles. The summed E-state index contributed by atoms with van der Waals surface area (Å²) in [6.07, 6.45) is 1.24. The highest BCUT2D eigenvalue weighted by atomic mass is 79.9. The summed E-state index contributed by atoms with van der Waals surface area (Å²) in [7, 11) is 0. The molecule has 0 aromatic heterocycles. The minimum Gasteiger partial charge on any atom is -0.398 e. The van der Waals surface area contributed by atoms with Gasteiger partial charge in [0, 0.05) is 16.8 Å². The molecule has 82 valence electrons. The maximum atomic E-state index is 5.78. The van der Waals surface area contributed by atoms with Gasteiger partial charge in [-0.2, -0.15) is 0 Å². The van der Waals surface area contributed by atoms with E-state index in [1.54, 1.807) is 0 Å². The third-order valence-electron chi connectivity index (χ3n) is 2.43. The number of halogens is 1. The van der Waals surface area contributed by atoms with Crippen LogP contribution in [0.3, 0.4) is 0 Å². The molecule has 1 atom stereocenters. The summed E-state index contributed by atoms with van der Waals surface area (Å²) < 4.78 is 11.8. The molecule has 1 saturated heterocycles. The van der Waals surface area contributed by atoms with E-state index in [9.17, 15) is 0 Å². The van der Waals surface area contributed by atoms with E-state index >= 15 is 0 Å². The van der Waals surface area contributed by atoms with Gasteiger partial charge in [-0.15, -0.1) is 0 Å². The van der Waals surface area contributed by atoms with Gasteiger partial charge in [0.15, 0.2) is 0 Å². The molecular weight excluding hydrogens is 258 g/mol. The van der Waals surface area contributed by atoms with Crippen LogP contribution < -0.4 is 5.73 Å². The summed E-state index contributed by atoms with van der Waals surface area (Å²) in [6.45, 7) is 2.13. The first kappa shape index (κ1) is 10.9. The van der Waals surface area contributed by atoms with E-state index in [-0.39, 0.29) is 6.10 Å². The van der Waals surface area contributed by atoms with Gasteiger partial charge in [0.1, 0.15) is 0 Å². The van der Waals surface area contributed by atoms with E-state index in [4.69, 9.17) is 15.2 Å². The summed E-state index contributed by atoms with van der Waals surface area (Å²) in [5.41, 5.74) is 7.63. The van der Waals surface area contributed by atoms with Gasteiger partial charge in [0.05, 0.1) is 19.3 Å². The van der Waals surface area contributed by atoms with E-state index in [0.717, 1.165) is 28.8 Å². The van der Waals surface area contributed by atoms with Crippen molar-refractivity contribution >= 4 is 21.6 Å². The van der Waals surface area contributed by atoms with Crippen molar-refractivity contribution in [1.82, 2.24) is 0 Å². The number of ether oxygens (including phenoxy) is 2. The second-order valence-electron chi connectivity index (χ2n) is 3.65. The highest BCUT2D eigenvalue weighted by Crippen LogP contribution is 2.21. The molecule has 1 aliphatic heterocycles. The van der Waals surface area contributed by atoms with Crippen LogP contribution in [0.5, 0.6) is 0 Å². The maximum Gasteiger partial charge on any atom is 0.0834 e. The molecule has 2 rings (SSSR count). The standard InChI is InChI=1S/C11H14BrNO2/c12-10-2-1-8(5-11(10)13)6-15-9-3-4-14-7-9/h1-2,5,9H,3-4,6-7,13H2. The molecule has 3 nitrogen and oxygen atoms in total. The van der Waals surface area contributed by atoms with Gasteiger partial charge < -0.3 is 15.2 Å². The number of anilines is 1. The maximum absolute atomic E-state index is 5.78. The Kier molecular flexibility index (Phi) is 3.61. The zero-order valence-electron chi connectivity index (χ0n) is 8.41. The molecular formula is C11H14BrNO2. The third kappa shape index (κ3) is 2.93. The number of hydrogen-bond acceptors (Lipinski definition) is 3. The van der Waals surface area contributed by atoms with Crippen LogP contribution in [0.1, 0.15) is 12.0 Å². The predicted molar refractivity (Wildman–Crippen MR) is 62.6 cm³/mol. The Balaban J connectivity index is 1.90. The molecule has 1 fully saturated rings. The van der Waals surface area contributed by atoms with Crippen molar-refractivity contribution in [3.8, 4) is 0 Å². The van der Waals surface area contributed by atoms with E-state index < -0.39 is 0 Å². The average Bonchev–Trinajstić information content (AvgIpc) is 2.73. The minimum atomic E-state index is 0.245. The monoisotopic (exact) mass is 271 g/mol. The lowest BCUT2D eigenvalue weighted by molar-refractivity contribution is 0.0318. The predicted octanol–water partition coefficient (Wildman–Crippen LogP) is 2.34. The molecule has 2 N–H and O–H groups in total. The second-order valence-corrected chi connectivity index (χ2v) is 4.51. The van der Waals surface area contributed by atoms with Crippen molar-refractivity contribution in [3.05, 3.63) is 28.2 Å². The molecule has 0 saturated carbocycles. The molecule has 15 heavy (non-hydrogen) atoms. The van der Waals surface area contributed by atoms with E-state index in [1.165, 1.54) is 0 Å². The Hall–Kier alpha value is -0.580. The van der Waals surface area contributed by atoms with E-state index in [1.807, 2.05) is 18.2 Å². The van der Waals surface area contributed by atoms with Gasteiger partial charge in [0.2, 0.25) is 0 Å². The van der Waals surface area contributed by atoms with Crippen LogP contribution in [0, 0.1) is 0 Å². The topological polar surface area (TPSA) is 44.5 Å². The molecule has 0 radical (unpaired) electrons. The largest absolute Gasteiger partial charge is 0.398 e. The van der Waals surface area contributed by atoms with E-state index in [2.05, 4.69) is 15.9 Å². The Morgan fingerprint density at radius 1 is 1.53 bits per heavy atom. The number of nitrogen functional groups attached to an aromatic ring is 1. The SMILES string of the molecule is Nc1cc(COC2CCOC2)ccc1Br. The van der Waals surface area contributed by atoms with Crippen LogP contribution in [0.4, 0.5) is 5.69 Å².